The smallest absolute Gasteiger partial charge is 0.225 e. The van der Waals surface area contributed by atoms with Crippen LogP contribution < -0.4 is 5.32 Å². The van der Waals surface area contributed by atoms with Crippen molar-refractivity contribution < 1.29 is 9.53 Å². The van der Waals surface area contributed by atoms with E-state index >= 15 is 0 Å². The molecule has 1 aromatic rings. The molecule has 0 aliphatic carbocycles. The number of nitrogens with zero attached hydrogens (tertiary/aromatic N) is 2. The Kier molecular flexibility index (Phi) is 6.65. The number of rotatable bonds is 7. The monoisotopic (exact) mass is 359 g/mol. The van der Waals surface area contributed by atoms with Crippen LogP contribution in [0, 0.1) is 17.3 Å². The molecule has 1 unspecified atom stereocenters. The Morgan fingerprint density at radius 2 is 2.19 bits per heavy atom. The predicted octanol–water partition coefficient (Wildman–Crippen LogP) is 2.52. The highest BCUT2D eigenvalue weighted by atomic mass is 16.5. The van der Waals surface area contributed by atoms with Gasteiger partial charge in [-0.3, -0.25) is 9.78 Å². The lowest BCUT2D eigenvalue weighted by Gasteiger charge is -2.37. The SMILES string of the molecule is CC(C)CCN1CC(C(=O)NCCc2ccccn2)C2(CCOCC2)C1. The largest absolute Gasteiger partial charge is 0.381 e. The van der Waals surface area contributed by atoms with Crippen molar-refractivity contribution in [1.82, 2.24) is 15.2 Å². The number of pyridine rings is 1. The number of carbonyl (C=O) groups excluding carboxylic acids is 1. The molecule has 1 N–H and O–H groups in total. The quantitative estimate of drug-likeness (QED) is 0.813. The molecule has 0 radical (unpaired) electrons. The van der Waals surface area contributed by atoms with E-state index in [1.807, 2.05) is 18.2 Å². The van der Waals surface area contributed by atoms with Crippen molar-refractivity contribution in [1.29, 1.82) is 0 Å². The van der Waals surface area contributed by atoms with Crippen LogP contribution >= 0.6 is 0 Å². The second kappa shape index (κ2) is 8.96. The van der Waals surface area contributed by atoms with Crippen molar-refractivity contribution in [3.63, 3.8) is 0 Å². The molecule has 26 heavy (non-hydrogen) atoms. The van der Waals surface area contributed by atoms with Gasteiger partial charge in [0, 0.05) is 56.6 Å². The normalized spacial score (nSPS) is 22.8. The van der Waals surface area contributed by atoms with Crippen LogP contribution in [0.15, 0.2) is 24.4 Å². The van der Waals surface area contributed by atoms with Crippen molar-refractivity contribution in [2.24, 2.45) is 17.3 Å². The molecular weight excluding hydrogens is 326 g/mol. The van der Waals surface area contributed by atoms with E-state index in [0.29, 0.717) is 12.5 Å². The summed E-state index contributed by atoms with van der Waals surface area (Å²) in [5.41, 5.74) is 1.13. The number of carbonyl (C=O) groups is 1. The molecule has 2 aliphatic rings. The van der Waals surface area contributed by atoms with Gasteiger partial charge in [0.2, 0.25) is 5.91 Å². The van der Waals surface area contributed by atoms with Crippen molar-refractivity contribution >= 4 is 5.91 Å². The van der Waals surface area contributed by atoms with Crippen molar-refractivity contribution in [2.75, 3.05) is 39.4 Å². The molecule has 2 aliphatic heterocycles. The molecule has 3 rings (SSSR count). The maximum Gasteiger partial charge on any atom is 0.225 e. The third-order valence-corrected chi connectivity index (χ3v) is 5.95. The summed E-state index contributed by atoms with van der Waals surface area (Å²) in [5.74, 6) is 1.00. The number of hydrogen-bond acceptors (Lipinski definition) is 4. The van der Waals surface area contributed by atoms with E-state index in [4.69, 9.17) is 4.74 Å². The molecule has 5 heteroatoms. The zero-order chi connectivity index (χ0) is 18.4. The summed E-state index contributed by atoms with van der Waals surface area (Å²) in [5, 5.41) is 3.18. The average molecular weight is 360 g/mol. The minimum atomic E-state index is 0.0855. The average Bonchev–Trinajstić information content (AvgIpc) is 2.99. The summed E-state index contributed by atoms with van der Waals surface area (Å²) < 4.78 is 5.60. The lowest BCUT2D eigenvalue weighted by Crippen LogP contribution is -2.44. The minimum Gasteiger partial charge on any atom is -0.381 e. The molecule has 2 saturated heterocycles. The van der Waals surface area contributed by atoms with Gasteiger partial charge in [-0.2, -0.15) is 0 Å². The van der Waals surface area contributed by atoms with E-state index in [2.05, 4.69) is 29.0 Å². The molecule has 3 heterocycles. The number of amides is 1. The molecule has 1 spiro atoms. The maximum absolute atomic E-state index is 13.0. The van der Waals surface area contributed by atoms with Crippen LogP contribution in [0.5, 0.6) is 0 Å². The minimum absolute atomic E-state index is 0.0855. The summed E-state index contributed by atoms with van der Waals surface area (Å²) in [6.45, 7) is 9.79. The van der Waals surface area contributed by atoms with E-state index < -0.39 is 0 Å². The fourth-order valence-electron chi connectivity index (χ4n) is 4.31. The Hall–Kier alpha value is -1.46. The van der Waals surface area contributed by atoms with E-state index in [-0.39, 0.29) is 17.2 Å². The van der Waals surface area contributed by atoms with E-state index in [1.54, 1.807) is 6.20 Å². The number of ether oxygens (including phenoxy) is 1. The molecule has 1 amide bonds. The molecule has 144 valence electrons. The molecular formula is C21H33N3O2. The van der Waals surface area contributed by atoms with Crippen LogP contribution in [-0.2, 0) is 16.0 Å². The van der Waals surface area contributed by atoms with Gasteiger partial charge in [0.15, 0.2) is 0 Å². The zero-order valence-corrected chi connectivity index (χ0v) is 16.2. The second-order valence-electron chi connectivity index (χ2n) is 8.31. The van der Waals surface area contributed by atoms with Crippen molar-refractivity contribution in [3.05, 3.63) is 30.1 Å². The van der Waals surface area contributed by atoms with Crippen LogP contribution in [-0.4, -0.2) is 55.2 Å². The summed E-state index contributed by atoms with van der Waals surface area (Å²) in [4.78, 5) is 19.8. The highest BCUT2D eigenvalue weighted by molar-refractivity contribution is 5.80. The van der Waals surface area contributed by atoms with Crippen molar-refractivity contribution in [3.8, 4) is 0 Å². The molecule has 1 atom stereocenters. The maximum atomic E-state index is 13.0. The Morgan fingerprint density at radius 3 is 2.88 bits per heavy atom. The third-order valence-electron chi connectivity index (χ3n) is 5.95. The number of aromatic nitrogens is 1. The lowest BCUT2D eigenvalue weighted by atomic mass is 9.71. The van der Waals surface area contributed by atoms with Gasteiger partial charge in [-0.05, 0) is 43.9 Å². The van der Waals surface area contributed by atoms with Crippen LogP contribution in [0.25, 0.3) is 0 Å². The van der Waals surface area contributed by atoms with Gasteiger partial charge >= 0.3 is 0 Å². The Balaban J connectivity index is 1.58. The Morgan fingerprint density at radius 1 is 1.38 bits per heavy atom. The zero-order valence-electron chi connectivity index (χ0n) is 16.2. The van der Waals surface area contributed by atoms with Crippen LogP contribution in [0.3, 0.4) is 0 Å². The van der Waals surface area contributed by atoms with E-state index in [0.717, 1.165) is 57.8 Å². The van der Waals surface area contributed by atoms with Crippen LogP contribution in [0.4, 0.5) is 0 Å². The van der Waals surface area contributed by atoms with Gasteiger partial charge in [0.1, 0.15) is 0 Å². The Bertz CT molecular complexity index is 570. The third kappa shape index (κ3) is 4.83. The fraction of sp³-hybridized carbons (Fsp3) is 0.714. The van der Waals surface area contributed by atoms with Gasteiger partial charge < -0.3 is 15.0 Å². The second-order valence-corrected chi connectivity index (χ2v) is 8.31. The Labute approximate surface area is 157 Å². The predicted molar refractivity (Wildman–Crippen MR) is 103 cm³/mol. The van der Waals surface area contributed by atoms with Crippen LogP contribution in [0.1, 0.15) is 38.8 Å². The number of hydrogen-bond donors (Lipinski definition) is 1. The number of nitrogens with one attached hydrogen (secondary N) is 1. The van der Waals surface area contributed by atoms with E-state index in [9.17, 15) is 4.79 Å². The molecule has 5 nitrogen and oxygen atoms in total. The topological polar surface area (TPSA) is 54.5 Å². The molecule has 0 aromatic carbocycles. The fourth-order valence-corrected chi connectivity index (χ4v) is 4.31. The van der Waals surface area contributed by atoms with Gasteiger partial charge in [0.25, 0.3) is 0 Å². The molecule has 2 fully saturated rings. The first kappa shape index (κ1) is 19.3. The van der Waals surface area contributed by atoms with Crippen LogP contribution in [0.2, 0.25) is 0 Å². The molecule has 0 saturated carbocycles. The first-order valence-corrected chi connectivity index (χ1v) is 10.1. The van der Waals surface area contributed by atoms with Gasteiger partial charge in [0.05, 0.1) is 5.92 Å². The summed E-state index contributed by atoms with van der Waals surface area (Å²) >= 11 is 0. The van der Waals surface area contributed by atoms with E-state index in [1.165, 1.54) is 6.42 Å². The summed E-state index contributed by atoms with van der Waals surface area (Å²) in [6, 6.07) is 5.92. The van der Waals surface area contributed by atoms with Gasteiger partial charge in [-0.15, -0.1) is 0 Å². The van der Waals surface area contributed by atoms with Crippen molar-refractivity contribution in [2.45, 2.75) is 39.5 Å². The summed E-state index contributed by atoms with van der Waals surface area (Å²) in [7, 11) is 0. The summed E-state index contributed by atoms with van der Waals surface area (Å²) in [6.07, 6.45) is 5.79. The number of likely N-dealkylation sites (tertiary alicyclic amines) is 1. The van der Waals surface area contributed by atoms with Gasteiger partial charge in [-0.25, -0.2) is 0 Å². The molecule has 1 aromatic heterocycles. The highest BCUT2D eigenvalue weighted by Crippen LogP contribution is 2.44. The first-order valence-electron chi connectivity index (χ1n) is 10.1. The first-order chi connectivity index (χ1) is 12.6. The van der Waals surface area contributed by atoms with Gasteiger partial charge in [-0.1, -0.05) is 19.9 Å². The highest BCUT2D eigenvalue weighted by Gasteiger charge is 2.50. The molecule has 0 bridgehead atoms. The standard InChI is InChI=1S/C21H33N3O2/c1-17(2)7-12-24-15-19(21(16-24)8-13-26-14-9-21)20(25)23-11-6-18-5-3-4-10-22-18/h3-5,10,17,19H,6-9,11-16H2,1-2H3,(H,23,25). The lowest BCUT2D eigenvalue weighted by molar-refractivity contribution is -0.129.